The lowest BCUT2D eigenvalue weighted by Crippen LogP contribution is -2.29. The van der Waals surface area contributed by atoms with E-state index in [4.69, 9.17) is 0 Å². The van der Waals surface area contributed by atoms with Crippen molar-refractivity contribution in [2.24, 2.45) is 5.92 Å². The van der Waals surface area contributed by atoms with Gasteiger partial charge in [0.15, 0.2) is 0 Å². The molecule has 3 aromatic rings. The van der Waals surface area contributed by atoms with Gasteiger partial charge < -0.3 is 0 Å². The Morgan fingerprint density at radius 2 is 1.39 bits per heavy atom. The highest BCUT2D eigenvalue weighted by Gasteiger charge is 2.38. The molecule has 4 rings (SSSR count). The fourth-order valence-electron chi connectivity index (χ4n) is 4.36. The molecule has 0 spiro atoms. The smallest absolute Gasteiger partial charge is 0.123 e. The third kappa shape index (κ3) is 4.50. The van der Waals surface area contributed by atoms with E-state index in [2.05, 4.69) is 67.6 Å². The molecule has 1 aliphatic rings. The average Bonchev–Trinajstić information content (AvgIpc) is 3.21. The molecular weight excluding hydrogens is 382 g/mol. The SMILES string of the molecule is C[C@H](Sc1ccc(F)cc1)[C@H]1CCCC1P(c1ccccc1)c1ccccc1. The van der Waals surface area contributed by atoms with Crippen LogP contribution in [0.3, 0.4) is 0 Å². The van der Waals surface area contributed by atoms with Crippen molar-refractivity contribution in [1.29, 1.82) is 0 Å². The molecule has 0 radical (unpaired) electrons. The number of hydrogen-bond donors (Lipinski definition) is 0. The molecule has 0 bridgehead atoms. The van der Waals surface area contributed by atoms with Gasteiger partial charge in [-0.1, -0.05) is 74.0 Å². The van der Waals surface area contributed by atoms with Crippen molar-refractivity contribution in [2.75, 3.05) is 0 Å². The topological polar surface area (TPSA) is 0 Å². The van der Waals surface area contributed by atoms with Crippen LogP contribution in [0.25, 0.3) is 0 Å². The largest absolute Gasteiger partial charge is 0.207 e. The Morgan fingerprint density at radius 1 is 0.821 bits per heavy atom. The molecule has 1 saturated carbocycles. The third-order valence-corrected chi connectivity index (χ3v) is 9.95. The number of thioether (sulfide) groups is 1. The molecule has 0 amide bonds. The highest BCUT2D eigenvalue weighted by atomic mass is 32.2. The van der Waals surface area contributed by atoms with E-state index < -0.39 is 0 Å². The molecule has 1 fully saturated rings. The fourth-order valence-corrected chi connectivity index (χ4v) is 8.98. The monoisotopic (exact) mass is 408 g/mol. The van der Waals surface area contributed by atoms with Crippen molar-refractivity contribution in [3.63, 3.8) is 0 Å². The van der Waals surface area contributed by atoms with Crippen molar-refractivity contribution in [3.05, 3.63) is 90.7 Å². The maximum atomic E-state index is 13.3. The maximum absolute atomic E-state index is 13.3. The summed E-state index contributed by atoms with van der Waals surface area (Å²) in [5.41, 5.74) is 0.697. The summed E-state index contributed by atoms with van der Waals surface area (Å²) in [6.07, 6.45) is 3.90. The van der Waals surface area contributed by atoms with Crippen LogP contribution >= 0.6 is 19.7 Å². The molecule has 28 heavy (non-hydrogen) atoms. The summed E-state index contributed by atoms with van der Waals surface area (Å²) in [5, 5.41) is 3.49. The van der Waals surface area contributed by atoms with Crippen LogP contribution in [0.1, 0.15) is 26.2 Å². The summed E-state index contributed by atoms with van der Waals surface area (Å²) >= 11 is 1.90. The molecule has 0 saturated heterocycles. The summed E-state index contributed by atoms with van der Waals surface area (Å²) in [4.78, 5) is 1.17. The van der Waals surface area contributed by atoms with E-state index in [0.29, 0.717) is 16.8 Å². The van der Waals surface area contributed by atoms with E-state index in [1.165, 1.54) is 34.8 Å². The Bertz CT molecular complexity index is 827. The van der Waals surface area contributed by atoms with E-state index in [1.807, 2.05) is 23.9 Å². The first-order valence-electron chi connectivity index (χ1n) is 10.0. The van der Waals surface area contributed by atoms with E-state index in [0.717, 1.165) is 0 Å². The minimum Gasteiger partial charge on any atom is -0.207 e. The lowest BCUT2D eigenvalue weighted by Gasteiger charge is -2.33. The zero-order valence-corrected chi connectivity index (χ0v) is 17.9. The predicted molar refractivity (Wildman–Crippen MR) is 122 cm³/mol. The van der Waals surface area contributed by atoms with Gasteiger partial charge in [0.1, 0.15) is 5.82 Å². The number of halogens is 1. The molecule has 144 valence electrons. The summed E-state index contributed by atoms with van der Waals surface area (Å²) in [7, 11) is -0.377. The second-order valence-corrected chi connectivity index (χ2v) is 11.4. The van der Waals surface area contributed by atoms with E-state index >= 15 is 0 Å². The molecule has 0 aliphatic heterocycles. The van der Waals surface area contributed by atoms with E-state index in [1.54, 1.807) is 12.1 Å². The molecule has 0 nitrogen and oxygen atoms in total. The Morgan fingerprint density at radius 3 is 1.96 bits per heavy atom. The van der Waals surface area contributed by atoms with E-state index in [9.17, 15) is 4.39 Å². The van der Waals surface area contributed by atoms with Gasteiger partial charge in [-0.3, -0.25) is 0 Å². The minimum atomic E-state index is -0.377. The molecule has 1 unspecified atom stereocenters. The van der Waals surface area contributed by atoms with Gasteiger partial charge in [0.2, 0.25) is 0 Å². The lowest BCUT2D eigenvalue weighted by molar-refractivity contribution is 0.552. The van der Waals surface area contributed by atoms with Crippen molar-refractivity contribution >= 4 is 30.3 Å². The molecule has 3 aromatic carbocycles. The van der Waals surface area contributed by atoms with Crippen LogP contribution in [0.2, 0.25) is 0 Å². The van der Waals surface area contributed by atoms with E-state index in [-0.39, 0.29) is 13.7 Å². The molecule has 3 heteroatoms. The van der Waals surface area contributed by atoms with Crippen molar-refractivity contribution in [3.8, 4) is 0 Å². The number of hydrogen-bond acceptors (Lipinski definition) is 1. The standard InChI is InChI=1S/C25H26FPS/c1-19(28-23-17-15-20(26)16-18-23)24-13-8-14-25(24)27(21-9-4-2-5-10-21)22-11-6-3-7-12-22/h2-7,9-12,15-19,24-25H,8,13-14H2,1H3/t19-,24+,25?/m0/s1. The summed E-state index contributed by atoms with van der Waals surface area (Å²) < 4.78 is 13.3. The Kier molecular flexibility index (Phi) is 6.50. The zero-order valence-electron chi connectivity index (χ0n) is 16.2. The van der Waals surface area contributed by atoms with Gasteiger partial charge in [-0.2, -0.15) is 0 Å². The summed E-state index contributed by atoms with van der Waals surface area (Å²) in [5.74, 6) is 0.522. The second-order valence-electron chi connectivity index (χ2n) is 7.48. The highest BCUT2D eigenvalue weighted by molar-refractivity contribution is 8.00. The van der Waals surface area contributed by atoms with Crippen LogP contribution in [0.15, 0.2) is 89.8 Å². The van der Waals surface area contributed by atoms with Gasteiger partial charge >= 0.3 is 0 Å². The maximum Gasteiger partial charge on any atom is 0.123 e. The second kappa shape index (κ2) is 9.25. The molecule has 0 heterocycles. The zero-order chi connectivity index (χ0) is 19.3. The first-order valence-corrected chi connectivity index (χ1v) is 12.3. The van der Waals surface area contributed by atoms with Crippen molar-refractivity contribution < 1.29 is 4.39 Å². The predicted octanol–water partition coefficient (Wildman–Crippen LogP) is 6.61. The average molecular weight is 409 g/mol. The van der Waals surface area contributed by atoms with Gasteiger partial charge in [-0.05, 0) is 67.2 Å². The third-order valence-electron chi connectivity index (χ3n) is 5.67. The highest BCUT2D eigenvalue weighted by Crippen LogP contribution is 2.53. The number of rotatable bonds is 6. The molecule has 0 N–H and O–H groups in total. The quantitative estimate of drug-likeness (QED) is 0.327. The van der Waals surface area contributed by atoms with Crippen molar-refractivity contribution in [2.45, 2.75) is 42.0 Å². The molecule has 3 atom stereocenters. The minimum absolute atomic E-state index is 0.160. The van der Waals surface area contributed by atoms with Gasteiger partial charge in [0, 0.05) is 10.1 Å². The van der Waals surface area contributed by atoms with Gasteiger partial charge in [-0.25, -0.2) is 4.39 Å². The molecule has 1 aliphatic carbocycles. The van der Waals surface area contributed by atoms with Gasteiger partial charge in [0.25, 0.3) is 0 Å². The van der Waals surface area contributed by atoms with Gasteiger partial charge in [-0.15, -0.1) is 11.8 Å². The summed E-state index contributed by atoms with van der Waals surface area (Å²) in [6, 6.07) is 29.1. The Labute approximate surface area is 173 Å². The normalized spacial score (nSPS) is 20.4. The number of benzene rings is 3. The Hall–Kier alpha value is -1.63. The van der Waals surface area contributed by atoms with Crippen molar-refractivity contribution in [1.82, 2.24) is 0 Å². The molecular formula is C25H26FPS. The summed E-state index contributed by atoms with van der Waals surface area (Å²) in [6.45, 7) is 2.36. The van der Waals surface area contributed by atoms with Crippen LogP contribution in [0.4, 0.5) is 4.39 Å². The van der Waals surface area contributed by atoms with Gasteiger partial charge in [0.05, 0.1) is 0 Å². The first-order chi connectivity index (χ1) is 13.7. The Balaban J connectivity index is 1.61. The van der Waals surface area contributed by atoms with Crippen LogP contribution in [0.5, 0.6) is 0 Å². The van der Waals surface area contributed by atoms with Crippen LogP contribution in [-0.2, 0) is 0 Å². The lowest BCUT2D eigenvalue weighted by atomic mass is 10.0. The van der Waals surface area contributed by atoms with Crippen LogP contribution < -0.4 is 10.6 Å². The first kappa shape index (κ1) is 19.7. The van der Waals surface area contributed by atoms with Crippen LogP contribution in [0, 0.1) is 11.7 Å². The van der Waals surface area contributed by atoms with Crippen LogP contribution in [-0.4, -0.2) is 10.9 Å². The molecule has 0 aromatic heterocycles. The fraction of sp³-hybridized carbons (Fsp3) is 0.280.